The summed E-state index contributed by atoms with van der Waals surface area (Å²) in [4.78, 5) is 32.1. The number of thioether (sulfide) groups is 1. The number of esters is 2. The van der Waals surface area contributed by atoms with Gasteiger partial charge in [0, 0.05) is 5.75 Å². The quantitative estimate of drug-likeness (QED) is 0.545. The van der Waals surface area contributed by atoms with Gasteiger partial charge in [0.1, 0.15) is 0 Å². The Morgan fingerprint density at radius 1 is 1.32 bits per heavy atom. The number of rotatable bonds is 4. The Labute approximate surface area is 109 Å². The fraction of sp³-hybridized carbons (Fsp3) is 0.667. The van der Waals surface area contributed by atoms with Crippen LogP contribution in [0.5, 0.6) is 0 Å². The van der Waals surface area contributed by atoms with Gasteiger partial charge in [-0.15, -0.1) is 0 Å². The van der Waals surface area contributed by atoms with E-state index in [0.717, 1.165) is 5.75 Å². The van der Waals surface area contributed by atoms with E-state index >= 15 is 0 Å². The summed E-state index contributed by atoms with van der Waals surface area (Å²) in [7, 11) is 0. The molecule has 0 spiro atoms. The zero-order valence-corrected chi connectivity index (χ0v) is 10.2. The van der Waals surface area contributed by atoms with Crippen LogP contribution in [0.2, 0.25) is 0 Å². The standard InChI is InChI=1S/C9H9F3O6S/c10-9(11,12)7(14)8(15)17-3-5(13)18-6-4-19-2-1-16-6/h6H,1-4H2. The van der Waals surface area contributed by atoms with Crippen LogP contribution in [0.3, 0.4) is 0 Å². The Balaban J connectivity index is 2.29. The van der Waals surface area contributed by atoms with Gasteiger partial charge in [0.25, 0.3) is 0 Å². The van der Waals surface area contributed by atoms with Crippen molar-refractivity contribution in [2.45, 2.75) is 12.5 Å². The maximum absolute atomic E-state index is 11.8. The zero-order chi connectivity index (χ0) is 14.5. The second-order valence-corrected chi connectivity index (χ2v) is 4.42. The smallest absolute Gasteiger partial charge is 0.448 e. The highest BCUT2D eigenvalue weighted by molar-refractivity contribution is 7.99. The topological polar surface area (TPSA) is 78.9 Å². The van der Waals surface area contributed by atoms with Gasteiger partial charge in [-0.05, 0) is 0 Å². The Morgan fingerprint density at radius 3 is 2.53 bits per heavy atom. The van der Waals surface area contributed by atoms with Crippen LogP contribution < -0.4 is 0 Å². The lowest BCUT2D eigenvalue weighted by atomic mass is 10.4. The second-order valence-electron chi connectivity index (χ2n) is 3.27. The molecule has 6 nitrogen and oxygen atoms in total. The van der Waals surface area contributed by atoms with E-state index in [9.17, 15) is 27.6 Å². The van der Waals surface area contributed by atoms with Gasteiger partial charge in [0.2, 0.25) is 6.29 Å². The highest BCUT2D eigenvalue weighted by atomic mass is 32.2. The fourth-order valence-electron chi connectivity index (χ4n) is 1.02. The summed E-state index contributed by atoms with van der Waals surface area (Å²) in [6.07, 6.45) is -6.16. The minimum atomic E-state index is -5.33. The molecule has 0 aromatic carbocycles. The molecule has 0 aromatic heterocycles. The molecular weight excluding hydrogens is 293 g/mol. The lowest BCUT2D eigenvalue weighted by Crippen LogP contribution is -2.35. The molecular formula is C9H9F3O6S. The molecule has 1 atom stereocenters. The summed E-state index contributed by atoms with van der Waals surface area (Å²) in [5, 5.41) is 0. The van der Waals surface area contributed by atoms with Crippen LogP contribution in [0.4, 0.5) is 13.2 Å². The van der Waals surface area contributed by atoms with E-state index in [1.54, 1.807) is 0 Å². The number of alkyl halides is 3. The van der Waals surface area contributed by atoms with Gasteiger partial charge in [-0.2, -0.15) is 24.9 Å². The third-order valence-corrected chi connectivity index (χ3v) is 2.78. The summed E-state index contributed by atoms with van der Waals surface area (Å²) in [5.41, 5.74) is 0. The molecule has 1 rings (SSSR count). The molecule has 0 aliphatic carbocycles. The lowest BCUT2D eigenvalue weighted by Gasteiger charge is -2.21. The Kier molecular flexibility index (Phi) is 5.60. The van der Waals surface area contributed by atoms with Gasteiger partial charge < -0.3 is 14.2 Å². The number of hydrogen-bond acceptors (Lipinski definition) is 7. The first-order valence-corrected chi connectivity index (χ1v) is 6.13. The van der Waals surface area contributed by atoms with Crippen LogP contribution in [0, 0.1) is 0 Å². The number of carbonyl (C=O) groups excluding carboxylic acids is 3. The Morgan fingerprint density at radius 2 is 2.00 bits per heavy atom. The van der Waals surface area contributed by atoms with Crippen molar-refractivity contribution in [3.05, 3.63) is 0 Å². The SMILES string of the molecule is O=C(COC(=O)C(=O)C(F)(F)F)OC1CSCCO1. The fourth-order valence-corrected chi connectivity index (χ4v) is 1.76. The molecule has 1 aliphatic rings. The summed E-state index contributed by atoms with van der Waals surface area (Å²) < 4.78 is 49.0. The summed E-state index contributed by atoms with van der Waals surface area (Å²) in [5.74, 6) is -4.80. The minimum absolute atomic E-state index is 0.370. The van der Waals surface area contributed by atoms with E-state index in [4.69, 9.17) is 4.74 Å². The van der Waals surface area contributed by atoms with Crippen LogP contribution in [-0.4, -0.2) is 54.9 Å². The van der Waals surface area contributed by atoms with Crippen LogP contribution in [0.25, 0.3) is 0 Å². The van der Waals surface area contributed by atoms with E-state index in [0.29, 0.717) is 12.4 Å². The van der Waals surface area contributed by atoms with Crippen LogP contribution in [0.1, 0.15) is 0 Å². The molecule has 1 aliphatic heterocycles. The van der Waals surface area contributed by atoms with Gasteiger partial charge in [0.15, 0.2) is 6.61 Å². The predicted molar refractivity (Wildman–Crippen MR) is 55.2 cm³/mol. The minimum Gasteiger partial charge on any atom is -0.448 e. The summed E-state index contributed by atoms with van der Waals surface area (Å²) >= 11 is 1.46. The van der Waals surface area contributed by atoms with Crippen molar-refractivity contribution in [1.29, 1.82) is 0 Å². The monoisotopic (exact) mass is 302 g/mol. The van der Waals surface area contributed by atoms with Crippen molar-refractivity contribution in [2.24, 2.45) is 0 Å². The first-order valence-electron chi connectivity index (χ1n) is 4.98. The van der Waals surface area contributed by atoms with Crippen molar-refractivity contribution < 1.29 is 41.8 Å². The number of Topliss-reactive ketones (excluding diaryl/α,β-unsaturated/α-hetero) is 1. The molecule has 19 heavy (non-hydrogen) atoms. The normalized spacial score (nSPS) is 19.6. The Hall–Kier alpha value is -1.29. The molecule has 0 saturated carbocycles. The number of ketones is 1. The lowest BCUT2D eigenvalue weighted by molar-refractivity contribution is -0.189. The average Bonchev–Trinajstić information content (AvgIpc) is 2.35. The average molecular weight is 302 g/mol. The molecule has 1 unspecified atom stereocenters. The summed E-state index contributed by atoms with van der Waals surface area (Å²) in [6.45, 7) is -0.708. The number of carbonyl (C=O) groups is 3. The molecule has 1 heterocycles. The van der Waals surface area contributed by atoms with Crippen LogP contribution in [0.15, 0.2) is 0 Å². The summed E-state index contributed by atoms with van der Waals surface area (Å²) in [6, 6.07) is 0. The van der Waals surface area contributed by atoms with Gasteiger partial charge in [0.05, 0.1) is 12.4 Å². The van der Waals surface area contributed by atoms with Gasteiger partial charge in [-0.25, -0.2) is 9.59 Å². The highest BCUT2D eigenvalue weighted by Gasteiger charge is 2.45. The van der Waals surface area contributed by atoms with Crippen LogP contribution >= 0.6 is 11.8 Å². The molecule has 1 saturated heterocycles. The molecule has 0 aromatic rings. The molecule has 10 heteroatoms. The molecule has 0 radical (unpaired) electrons. The molecule has 1 fully saturated rings. The first-order chi connectivity index (χ1) is 8.80. The largest absolute Gasteiger partial charge is 0.461 e. The van der Waals surface area contributed by atoms with E-state index in [1.807, 2.05) is 0 Å². The van der Waals surface area contributed by atoms with Gasteiger partial charge in [-0.3, -0.25) is 4.79 Å². The predicted octanol–water partition coefficient (Wildman–Crippen LogP) is 0.294. The maximum Gasteiger partial charge on any atom is 0.461 e. The number of ether oxygens (including phenoxy) is 3. The van der Waals surface area contributed by atoms with Crippen molar-refractivity contribution in [2.75, 3.05) is 24.7 Å². The zero-order valence-electron chi connectivity index (χ0n) is 9.40. The van der Waals surface area contributed by atoms with Crippen LogP contribution in [-0.2, 0) is 28.6 Å². The Bertz CT molecular complexity index is 363. The van der Waals surface area contributed by atoms with Gasteiger partial charge in [-0.1, -0.05) is 0 Å². The number of hydrogen-bond donors (Lipinski definition) is 0. The van der Waals surface area contributed by atoms with E-state index in [1.165, 1.54) is 11.8 Å². The van der Waals surface area contributed by atoms with E-state index in [2.05, 4.69) is 9.47 Å². The first kappa shape index (κ1) is 15.8. The highest BCUT2D eigenvalue weighted by Crippen LogP contribution is 2.17. The molecule has 0 N–H and O–H groups in total. The van der Waals surface area contributed by atoms with Crippen molar-refractivity contribution >= 4 is 29.5 Å². The van der Waals surface area contributed by atoms with Crippen molar-refractivity contribution in [3.8, 4) is 0 Å². The molecule has 108 valence electrons. The maximum atomic E-state index is 11.8. The second kappa shape index (κ2) is 6.75. The third kappa shape index (κ3) is 5.47. The number of halogens is 3. The van der Waals surface area contributed by atoms with Crippen molar-refractivity contribution in [1.82, 2.24) is 0 Å². The molecule has 0 amide bonds. The van der Waals surface area contributed by atoms with E-state index in [-0.39, 0.29) is 0 Å². The van der Waals surface area contributed by atoms with E-state index < -0.39 is 36.8 Å². The van der Waals surface area contributed by atoms with Gasteiger partial charge >= 0.3 is 23.9 Å². The molecule has 0 bridgehead atoms. The third-order valence-electron chi connectivity index (χ3n) is 1.81. The van der Waals surface area contributed by atoms with Crippen molar-refractivity contribution in [3.63, 3.8) is 0 Å².